The zero-order chi connectivity index (χ0) is 11.1. The summed E-state index contributed by atoms with van der Waals surface area (Å²) in [5.41, 5.74) is 0. The van der Waals surface area contributed by atoms with Crippen molar-refractivity contribution in [1.82, 2.24) is 0 Å². The molecule has 1 fully saturated rings. The van der Waals surface area contributed by atoms with Gasteiger partial charge in [0.05, 0.1) is 5.92 Å². The number of carbonyl (C=O) groups is 1. The molecule has 2 atom stereocenters. The van der Waals surface area contributed by atoms with Gasteiger partial charge >= 0.3 is 5.97 Å². The zero-order valence-electron chi connectivity index (χ0n) is 9.58. The molecule has 0 aromatic carbocycles. The SMILES string of the molecule is CSCCCC1CCCCCC1C(=O)O. The molecule has 0 aromatic heterocycles. The van der Waals surface area contributed by atoms with Crippen LogP contribution in [0.15, 0.2) is 0 Å². The summed E-state index contributed by atoms with van der Waals surface area (Å²) < 4.78 is 0. The maximum absolute atomic E-state index is 11.1. The van der Waals surface area contributed by atoms with Crippen LogP contribution in [0, 0.1) is 11.8 Å². The lowest BCUT2D eigenvalue weighted by Crippen LogP contribution is -2.22. The predicted octanol–water partition coefficient (Wildman–Crippen LogP) is 3.41. The molecule has 0 amide bonds. The smallest absolute Gasteiger partial charge is 0.306 e. The highest BCUT2D eigenvalue weighted by molar-refractivity contribution is 7.98. The highest BCUT2D eigenvalue weighted by Gasteiger charge is 2.28. The molecule has 2 unspecified atom stereocenters. The zero-order valence-corrected chi connectivity index (χ0v) is 10.4. The molecule has 0 saturated heterocycles. The first-order chi connectivity index (χ1) is 7.25. The van der Waals surface area contributed by atoms with Crippen molar-refractivity contribution in [3.05, 3.63) is 0 Å². The van der Waals surface area contributed by atoms with Gasteiger partial charge in [0.25, 0.3) is 0 Å². The van der Waals surface area contributed by atoms with E-state index in [0.29, 0.717) is 5.92 Å². The van der Waals surface area contributed by atoms with Gasteiger partial charge in [-0.3, -0.25) is 4.79 Å². The fraction of sp³-hybridized carbons (Fsp3) is 0.917. The summed E-state index contributed by atoms with van der Waals surface area (Å²) in [6.45, 7) is 0. The molecule has 0 heterocycles. The van der Waals surface area contributed by atoms with E-state index in [0.717, 1.165) is 25.7 Å². The van der Waals surface area contributed by atoms with E-state index >= 15 is 0 Å². The largest absolute Gasteiger partial charge is 0.481 e. The Morgan fingerprint density at radius 3 is 2.73 bits per heavy atom. The molecule has 1 saturated carbocycles. The number of hydrogen-bond acceptors (Lipinski definition) is 2. The Bertz CT molecular complexity index is 194. The molecular formula is C12H22O2S. The number of carboxylic acids is 1. The van der Waals surface area contributed by atoms with Gasteiger partial charge in [-0.05, 0) is 43.6 Å². The van der Waals surface area contributed by atoms with Gasteiger partial charge in [0.2, 0.25) is 0 Å². The van der Waals surface area contributed by atoms with Gasteiger partial charge in [-0.2, -0.15) is 11.8 Å². The number of hydrogen-bond donors (Lipinski definition) is 1. The summed E-state index contributed by atoms with van der Waals surface area (Å²) in [5, 5.41) is 9.18. The number of carboxylic acid groups (broad SMARTS) is 1. The maximum Gasteiger partial charge on any atom is 0.306 e. The maximum atomic E-state index is 11.1. The van der Waals surface area contributed by atoms with E-state index in [1.807, 2.05) is 11.8 Å². The summed E-state index contributed by atoms with van der Waals surface area (Å²) >= 11 is 1.86. The molecule has 0 aliphatic heterocycles. The highest BCUT2D eigenvalue weighted by Crippen LogP contribution is 2.32. The number of aliphatic carboxylic acids is 1. The molecule has 0 radical (unpaired) electrons. The van der Waals surface area contributed by atoms with Crippen molar-refractivity contribution in [2.24, 2.45) is 11.8 Å². The minimum absolute atomic E-state index is 0.0608. The van der Waals surface area contributed by atoms with Crippen molar-refractivity contribution < 1.29 is 9.90 Å². The van der Waals surface area contributed by atoms with Crippen LogP contribution in [-0.2, 0) is 4.79 Å². The number of thioether (sulfide) groups is 1. The second-order valence-electron chi connectivity index (χ2n) is 4.48. The molecule has 0 spiro atoms. The molecule has 0 aromatic rings. The van der Waals surface area contributed by atoms with Gasteiger partial charge in [0.1, 0.15) is 0 Å². The van der Waals surface area contributed by atoms with Crippen molar-refractivity contribution in [1.29, 1.82) is 0 Å². The summed E-state index contributed by atoms with van der Waals surface area (Å²) in [6, 6.07) is 0. The van der Waals surface area contributed by atoms with Gasteiger partial charge in [0.15, 0.2) is 0 Å². The Kier molecular flexibility index (Phi) is 6.15. The Balaban J connectivity index is 2.43. The van der Waals surface area contributed by atoms with E-state index in [1.54, 1.807) is 0 Å². The third-order valence-corrected chi connectivity index (χ3v) is 4.10. The van der Waals surface area contributed by atoms with Crippen molar-refractivity contribution in [2.45, 2.75) is 44.9 Å². The van der Waals surface area contributed by atoms with Gasteiger partial charge in [-0.25, -0.2) is 0 Å². The van der Waals surface area contributed by atoms with E-state index < -0.39 is 5.97 Å². The minimum Gasteiger partial charge on any atom is -0.481 e. The molecule has 15 heavy (non-hydrogen) atoms. The topological polar surface area (TPSA) is 37.3 Å². The quantitative estimate of drug-likeness (QED) is 0.581. The van der Waals surface area contributed by atoms with E-state index in [4.69, 9.17) is 0 Å². The minimum atomic E-state index is -0.564. The Morgan fingerprint density at radius 1 is 1.33 bits per heavy atom. The van der Waals surface area contributed by atoms with Crippen LogP contribution in [0.4, 0.5) is 0 Å². The van der Waals surface area contributed by atoms with Crippen molar-refractivity contribution in [3.8, 4) is 0 Å². The van der Waals surface area contributed by atoms with Crippen LogP contribution in [0.3, 0.4) is 0 Å². The Morgan fingerprint density at radius 2 is 2.07 bits per heavy atom. The molecule has 0 bridgehead atoms. The van der Waals surface area contributed by atoms with E-state index in [2.05, 4.69) is 6.26 Å². The first kappa shape index (κ1) is 12.9. The predicted molar refractivity (Wildman–Crippen MR) is 65.3 cm³/mol. The standard InChI is InChI=1S/C12H22O2S/c1-15-9-5-7-10-6-3-2-4-8-11(10)12(13)14/h10-11H,2-9H2,1H3,(H,13,14). The summed E-state index contributed by atoms with van der Waals surface area (Å²) in [7, 11) is 0. The lowest BCUT2D eigenvalue weighted by Gasteiger charge is -2.21. The van der Waals surface area contributed by atoms with Crippen LogP contribution in [0.5, 0.6) is 0 Å². The van der Waals surface area contributed by atoms with E-state index in [9.17, 15) is 9.90 Å². The van der Waals surface area contributed by atoms with Gasteiger partial charge in [0, 0.05) is 0 Å². The van der Waals surface area contributed by atoms with Gasteiger partial charge in [-0.1, -0.05) is 19.3 Å². The first-order valence-electron chi connectivity index (χ1n) is 5.97. The Hall–Kier alpha value is -0.180. The van der Waals surface area contributed by atoms with Crippen LogP contribution in [0.1, 0.15) is 44.9 Å². The second kappa shape index (κ2) is 7.15. The molecule has 2 nitrogen and oxygen atoms in total. The molecule has 3 heteroatoms. The van der Waals surface area contributed by atoms with Gasteiger partial charge in [-0.15, -0.1) is 0 Å². The second-order valence-corrected chi connectivity index (χ2v) is 5.46. The van der Waals surface area contributed by atoms with Crippen LogP contribution in [0.25, 0.3) is 0 Å². The van der Waals surface area contributed by atoms with E-state index in [1.165, 1.54) is 25.0 Å². The third-order valence-electron chi connectivity index (χ3n) is 3.40. The van der Waals surface area contributed by atoms with Crippen LogP contribution >= 0.6 is 11.8 Å². The monoisotopic (exact) mass is 230 g/mol. The van der Waals surface area contributed by atoms with Crippen molar-refractivity contribution in [2.75, 3.05) is 12.0 Å². The lowest BCUT2D eigenvalue weighted by atomic mass is 9.85. The van der Waals surface area contributed by atoms with Crippen molar-refractivity contribution in [3.63, 3.8) is 0 Å². The average molecular weight is 230 g/mol. The van der Waals surface area contributed by atoms with Gasteiger partial charge < -0.3 is 5.11 Å². The fourth-order valence-corrected chi connectivity index (χ4v) is 3.00. The van der Waals surface area contributed by atoms with Crippen LogP contribution < -0.4 is 0 Å². The Labute approximate surface area is 96.8 Å². The van der Waals surface area contributed by atoms with Crippen LogP contribution in [-0.4, -0.2) is 23.1 Å². The number of rotatable bonds is 5. The highest BCUT2D eigenvalue weighted by atomic mass is 32.2. The van der Waals surface area contributed by atoms with E-state index in [-0.39, 0.29) is 5.92 Å². The molecule has 1 rings (SSSR count). The molecule has 1 aliphatic carbocycles. The van der Waals surface area contributed by atoms with Crippen molar-refractivity contribution >= 4 is 17.7 Å². The first-order valence-corrected chi connectivity index (χ1v) is 7.37. The summed E-state index contributed by atoms with van der Waals surface area (Å²) in [5.74, 6) is 0.987. The third kappa shape index (κ3) is 4.45. The van der Waals surface area contributed by atoms with Crippen LogP contribution in [0.2, 0.25) is 0 Å². The molecule has 1 aliphatic rings. The molecular weight excluding hydrogens is 208 g/mol. The summed E-state index contributed by atoms with van der Waals surface area (Å²) in [6.07, 6.45) is 9.99. The molecule has 88 valence electrons. The average Bonchev–Trinajstić information content (AvgIpc) is 2.43. The summed E-state index contributed by atoms with van der Waals surface area (Å²) in [4.78, 5) is 11.1. The fourth-order valence-electron chi connectivity index (χ4n) is 2.54. The molecule has 1 N–H and O–H groups in total. The lowest BCUT2D eigenvalue weighted by molar-refractivity contribution is -0.144. The normalized spacial score (nSPS) is 27.3.